The molecule has 1 N–H and O–H groups in total. The Kier molecular flexibility index (Phi) is 5.35. The monoisotopic (exact) mass is 347 g/mol. The summed E-state index contributed by atoms with van der Waals surface area (Å²) in [6, 6.07) is 7.74. The van der Waals surface area contributed by atoms with Crippen molar-refractivity contribution < 1.29 is 4.79 Å². The van der Waals surface area contributed by atoms with Crippen LogP contribution in [0.3, 0.4) is 0 Å². The van der Waals surface area contributed by atoms with Gasteiger partial charge in [0.2, 0.25) is 0 Å². The second-order valence-electron chi connectivity index (χ2n) is 5.39. The molecule has 2 heterocycles. The van der Waals surface area contributed by atoms with Gasteiger partial charge in [0, 0.05) is 29.3 Å². The molecule has 3 rings (SSSR count). The quantitative estimate of drug-likeness (QED) is 0.834. The first-order valence-corrected chi connectivity index (χ1v) is 9.75. The number of aromatic nitrogens is 1. The molecule has 23 heavy (non-hydrogen) atoms. The summed E-state index contributed by atoms with van der Waals surface area (Å²) in [6.07, 6.45) is 0.970. The summed E-state index contributed by atoms with van der Waals surface area (Å²) in [5.41, 5.74) is 1.87. The van der Waals surface area contributed by atoms with Crippen LogP contribution in [0.15, 0.2) is 29.2 Å². The van der Waals surface area contributed by atoms with E-state index >= 15 is 0 Å². The highest BCUT2D eigenvalue weighted by Gasteiger charge is 2.21. The molecule has 1 aromatic carbocycles. The average Bonchev–Trinajstić information content (AvgIpc) is 2.96. The van der Waals surface area contributed by atoms with Gasteiger partial charge >= 0.3 is 0 Å². The normalized spacial score (nSPS) is 14.5. The molecule has 0 spiro atoms. The molecular formula is C17H21N3OS2. The fourth-order valence-corrected chi connectivity index (χ4v) is 4.52. The number of anilines is 1. The van der Waals surface area contributed by atoms with E-state index in [4.69, 9.17) is 0 Å². The number of hydrogen-bond acceptors (Lipinski definition) is 5. The fourth-order valence-electron chi connectivity index (χ4n) is 2.67. The summed E-state index contributed by atoms with van der Waals surface area (Å²) >= 11 is 3.29. The summed E-state index contributed by atoms with van der Waals surface area (Å²) < 4.78 is 0. The number of fused-ring (bicyclic) bond motifs is 1. The smallest absolute Gasteiger partial charge is 0.258 e. The maximum Gasteiger partial charge on any atom is 0.258 e. The Bertz CT molecular complexity index is 699. The van der Waals surface area contributed by atoms with Crippen molar-refractivity contribution in [3.63, 3.8) is 0 Å². The van der Waals surface area contributed by atoms with Gasteiger partial charge in [-0.2, -0.15) is 0 Å². The van der Waals surface area contributed by atoms with E-state index in [1.165, 1.54) is 4.88 Å². The van der Waals surface area contributed by atoms with Crippen molar-refractivity contribution >= 4 is 34.1 Å². The molecule has 0 atom stereocenters. The number of amides is 1. The molecule has 0 radical (unpaired) electrons. The number of nitrogens with zero attached hydrogens (tertiary/aromatic N) is 2. The van der Waals surface area contributed by atoms with Crippen LogP contribution in [0.2, 0.25) is 0 Å². The molecule has 0 saturated carbocycles. The minimum absolute atomic E-state index is 0.0694. The van der Waals surface area contributed by atoms with Crippen LogP contribution in [-0.2, 0) is 13.0 Å². The summed E-state index contributed by atoms with van der Waals surface area (Å²) in [7, 11) is 0. The van der Waals surface area contributed by atoms with Crippen LogP contribution in [0.25, 0.3) is 0 Å². The molecule has 0 fully saturated rings. The lowest BCUT2D eigenvalue weighted by atomic mass is 10.2. The summed E-state index contributed by atoms with van der Waals surface area (Å²) in [5.74, 6) is 0.878. The van der Waals surface area contributed by atoms with E-state index in [1.54, 1.807) is 23.1 Å². The molecule has 122 valence electrons. The number of thiazole rings is 1. The third kappa shape index (κ3) is 3.76. The number of carbonyl (C=O) groups is 1. The topological polar surface area (TPSA) is 45.2 Å². The molecule has 1 aromatic heterocycles. The van der Waals surface area contributed by atoms with Crippen molar-refractivity contribution in [2.45, 2.75) is 31.7 Å². The lowest BCUT2D eigenvalue weighted by molar-refractivity contribution is 0.102. The Hall–Kier alpha value is -1.37. The number of nitrogens with one attached hydrogen (secondary N) is 1. The molecule has 0 unspecified atom stereocenters. The van der Waals surface area contributed by atoms with Crippen LogP contribution in [0.4, 0.5) is 5.13 Å². The van der Waals surface area contributed by atoms with E-state index < -0.39 is 0 Å². The van der Waals surface area contributed by atoms with Crippen LogP contribution in [0.1, 0.15) is 34.8 Å². The predicted molar refractivity (Wildman–Crippen MR) is 97.6 cm³/mol. The van der Waals surface area contributed by atoms with E-state index in [9.17, 15) is 4.79 Å². The van der Waals surface area contributed by atoms with Gasteiger partial charge in [0.25, 0.3) is 5.91 Å². The Labute approximate surface area is 145 Å². The first-order valence-electron chi connectivity index (χ1n) is 7.95. The molecule has 2 aromatic rings. The molecule has 1 aliphatic heterocycles. The zero-order valence-electron chi connectivity index (χ0n) is 13.5. The van der Waals surface area contributed by atoms with Crippen LogP contribution >= 0.6 is 23.1 Å². The maximum absolute atomic E-state index is 12.6. The second kappa shape index (κ2) is 7.47. The van der Waals surface area contributed by atoms with Crippen molar-refractivity contribution in [2.24, 2.45) is 0 Å². The molecule has 4 nitrogen and oxygen atoms in total. The van der Waals surface area contributed by atoms with E-state index in [0.29, 0.717) is 5.13 Å². The van der Waals surface area contributed by atoms with E-state index in [-0.39, 0.29) is 5.91 Å². The van der Waals surface area contributed by atoms with Crippen LogP contribution in [0.5, 0.6) is 0 Å². The molecular weight excluding hydrogens is 326 g/mol. The Morgan fingerprint density at radius 3 is 3.00 bits per heavy atom. The number of hydrogen-bond donors (Lipinski definition) is 1. The van der Waals surface area contributed by atoms with Crippen molar-refractivity contribution in [3.05, 3.63) is 40.4 Å². The van der Waals surface area contributed by atoms with E-state index in [0.717, 1.165) is 48.0 Å². The first-order chi connectivity index (χ1) is 11.2. The van der Waals surface area contributed by atoms with Gasteiger partial charge < -0.3 is 0 Å². The third-order valence-electron chi connectivity index (χ3n) is 3.91. The van der Waals surface area contributed by atoms with Gasteiger partial charge in [0.15, 0.2) is 5.13 Å². The standard InChI is InChI=1S/C17H21N3OS2/c1-3-20-10-9-13-15(11-20)23-17(18-13)19-16(21)12-7-5-6-8-14(12)22-4-2/h5-8H,3-4,9-11H2,1-2H3,(H,18,19,21). The third-order valence-corrected chi connectivity index (χ3v) is 5.86. The minimum Gasteiger partial charge on any atom is -0.298 e. The van der Waals surface area contributed by atoms with Crippen LogP contribution < -0.4 is 5.32 Å². The van der Waals surface area contributed by atoms with Crippen molar-refractivity contribution in [1.29, 1.82) is 0 Å². The van der Waals surface area contributed by atoms with Crippen molar-refractivity contribution in [1.82, 2.24) is 9.88 Å². The highest BCUT2D eigenvalue weighted by atomic mass is 32.2. The molecule has 6 heteroatoms. The SMILES string of the molecule is CCSc1ccccc1C(=O)Nc1nc2c(s1)CN(CC)CC2. The van der Waals surface area contributed by atoms with Crippen LogP contribution in [0, 0.1) is 0 Å². The average molecular weight is 348 g/mol. The molecule has 1 aliphatic rings. The highest BCUT2D eigenvalue weighted by Crippen LogP contribution is 2.29. The zero-order chi connectivity index (χ0) is 16.2. The molecule has 0 aliphatic carbocycles. The number of thioether (sulfide) groups is 1. The van der Waals surface area contributed by atoms with Gasteiger partial charge in [-0.1, -0.05) is 26.0 Å². The van der Waals surface area contributed by atoms with Gasteiger partial charge in [0.05, 0.1) is 11.3 Å². The largest absolute Gasteiger partial charge is 0.298 e. The minimum atomic E-state index is -0.0694. The number of carbonyl (C=O) groups excluding carboxylic acids is 1. The van der Waals surface area contributed by atoms with Crippen molar-refractivity contribution in [2.75, 3.05) is 24.2 Å². The second-order valence-corrected chi connectivity index (χ2v) is 7.78. The predicted octanol–water partition coefficient (Wildman–Crippen LogP) is 3.89. The van der Waals surface area contributed by atoms with Gasteiger partial charge in [-0.3, -0.25) is 15.0 Å². The summed E-state index contributed by atoms with van der Waals surface area (Å²) in [6.45, 7) is 7.32. The molecule has 0 saturated heterocycles. The molecule has 0 bridgehead atoms. The van der Waals surface area contributed by atoms with Crippen molar-refractivity contribution in [3.8, 4) is 0 Å². The number of benzene rings is 1. The fraction of sp³-hybridized carbons (Fsp3) is 0.412. The summed E-state index contributed by atoms with van der Waals surface area (Å²) in [4.78, 5) is 21.9. The molecule has 1 amide bonds. The van der Waals surface area contributed by atoms with E-state index in [2.05, 4.69) is 29.0 Å². The summed E-state index contributed by atoms with van der Waals surface area (Å²) in [5, 5.41) is 3.70. The van der Waals surface area contributed by atoms with Gasteiger partial charge in [-0.15, -0.1) is 23.1 Å². The Balaban J connectivity index is 1.75. The highest BCUT2D eigenvalue weighted by molar-refractivity contribution is 7.99. The lowest BCUT2D eigenvalue weighted by Crippen LogP contribution is -2.29. The van der Waals surface area contributed by atoms with Gasteiger partial charge in [-0.25, -0.2) is 4.98 Å². The Morgan fingerprint density at radius 1 is 1.39 bits per heavy atom. The van der Waals surface area contributed by atoms with Gasteiger partial charge in [0.1, 0.15) is 0 Å². The van der Waals surface area contributed by atoms with Gasteiger partial charge in [-0.05, 0) is 24.4 Å². The number of rotatable bonds is 5. The Morgan fingerprint density at radius 2 is 2.22 bits per heavy atom. The maximum atomic E-state index is 12.6. The first kappa shape index (κ1) is 16.5. The lowest BCUT2D eigenvalue weighted by Gasteiger charge is -2.23. The zero-order valence-corrected chi connectivity index (χ0v) is 15.1. The van der Waals surface area contributed by atoms with Crippen LogP contribution in [-0.4, -0.2) is 34.6 Å². The number of likely N-dealkylation sites (N-methyl/N-ethyl adjacent to an activating group) is 1. The van der Waals surface area contributed by atoms with E-state index in [1.807, 2.05) is 24.3 Å².